The zero-order valence-electron chi connectivity index (χ0n) is 14.3. The molecule has 0 fully saturated rings. The van der Waals surface area contributed by atoms with E-state index in [-0.39, 0.29) is 0 Å². The van der Waals surface area contributed by atoms with E-state index in [1.165, 1.54) is 17.3 Å². The van der Waals surface area contributed by atoms with Crippen molar-refractivity contribution in [2.45, 2.75) is 6.92 Å². The van der Waals surface area contributed by atoms with Crippen molar-refractivity contribution in [3.63, 3.8) is 0 Å². The van der Waals surface area contributed by atoms with Crippen LogP contribution in [0.1, 0.15) is 5.56 Å². The van der Waals surface area contributed by atoms with Crippen LogP contribution in [0.25, 0.3) is 0 Å². The second kappa shape index (κ2) is 7.45. The van der Waals surface area contributed by atoms with E-state index >= 15 is 0 Å². The van der Waals surface area contributed by atoms with Gasteiger partial charge in [0.2, 0.25) is 0 Å². The molecule has 3 aromatic carbocycles. The molecular weight excluding hydrogens is 340 g/mol. The lowest BCUT2D eigenvalue weighted by atomic mass is 10.2. The van der Waals surface area contributed by atoms with Crippen LogP contribution in [0.4, 0.5) is 22.7 Å². The van der Waals surface area contributed by atoms with Gasteiger partial charge in [0.25, 0.3) is 0 Å². The third-order valence-corrected chi connectivity index (χ3v) is 4.62. The van der Waals surface area contributed by atoms with Gasteiger partial charge in [0.1, 0.15) is 0 Å². The zero-order chi connectivity index (χ0) is 17.8. The Bertz CT molecular complexity index is 963. The smallest absolute Gasteiger partial charge is 0.174 e. The van der Waals surface area contributed by atoms with Gasteiger partial charge in [-0.2, -0.15) is 0 Å². The highest BCUT2D eigenvalue weighted by Gasteiger charge is 2.14. The van der Waals surface area contributed by atoms with Gasteiger partial charge >= 0.3 is 0 Å². The molecule has 5 heteroatoms. The van der Waals surface area contributed by atoms with Gasteiger partial charge in [-0.25, -0.2) is 9.98 Å². The van der Waals surface area contributed by atoms with Gasteiger partial charge in [-0.3, -0.25) is 0 Å². The molecule has 4 nitrogen and oxygen atoms in total. The Morgan fingerprint density at radius 2 is 1.12 bits per heavy atom. The molecule has 2 N–H and O–H groups in total. The highest BCUT2D eigenvalue weighted by molar-refractivity contribution is 8.27. The Hall–Kier alpha value is -3.05. The van der Waals surface area contributed by atoms with Crippen LogP contribution in [0.5, 0.6) is 0 Å². The number of benzene rings is 3. The van der Waals surface area contributed by atoms with Crippen molar-refractivity contribution in [2.75, 3.05) is 10.6 Å². The second-order valence-electron chi connectivity index (χ2n) is 5.91. The highest BCUT2D eigenvalue weighted by Crippen LogP contribution is 2.33. The Balaban J connectivity index is 1.65. The summed E-state index contributed by atoms with van der Waals surface area (Å²) in [5, 5.41) is 8.33. The van der Waals surface area contributed by atoms with Crippen LogP contribution in [-0.4, -0.2) is 10.3 Å². The summed E-state index contributed by atoms with van der Waals surface area (Å²) in [5.41, 5.74) is 4.91. The molecule has 0 saturated carbocycles. The summed E-state index contributed by atoms with van der Waals surface area (Å²) in [6.07, 6.45) is 0. The largest absolute Gasteiger partial charge is 0.334 e. The molecule has 26 heavy (non-hydrogen) atoms. The normalized spacial score (nSPS) is 13.1. The summed E-state index contributed by atoms with van der Waals surface area (Å²) in [6, 6.07) is 26.2. The quantitative estimate of drug-likeness (QED) is 0.596. The minimum absolute atomic E-state index is 0.777. The number of rotatable bonds is 2. The fourth-order valence-electron chi connectivity index (χ4n) is 2.52. The number of anilines is 2. The topological polar surface area (TPSA) is 48.8 Å². The average molecular weight is 358 g/mol. The zero-order valence-corrected chi connectivity index (χ0v) is 15.1. The number of nitrogens with zero attached hydrogens (tertiary/aromatic N) is 2. The number of nitrogens with one attached hydrogen (secondary N) is 2. The molecule has 1 aliphatic rings. The van der Waals surface area contributed by atoms with Crippen molar-refractivity contribution < 1.29 is 0 Å². The lowest BCUT2D eigenvalue weighted by Gasteiger charge is -2.11. The van der Waals surface area contributed by atoms with E-state index in [9.17, 15) is 0 Å². The van der Waals surface area contributed by atoms with Crippen LogP contribution in [-0.2, 0) is 0 Å². The Morgan fingerprint density at radius 1 is 0.615 bits per heavy atom. The number of hydrogen-bond acceptors (Lipinski definition) is 5. The predicted molar refractivity (Wildman–Crippen MR) is 113 cm³/mol. The first-order valence-corrected chi connectivity index (χ1v) is 9.18. The van der Waals surface area contributed by atoms with Crippen molar-refractivity contribution in [2.24, 2.45) is 9.98 Å². The van der Waals surface area contributed by atoms with Gasteiger partial charge in [0.15, 0.2) is 10.3 Å². The fraction of sp³-hybridized carbons (Fsp3) is 0.0476. The summed E-state index contributed by atoms with van der Waals surface area (Å²) >= 11 is 1.48. The number of aryl methyl sites for hydroxylation is 1. The molecule has 0 atom stereocenters. The molecule has 0 unspecified atom stereocenters. The molecule has 3 aromatic rings. The van der Waals surface area contributed by atoms with E-state index in [1.807, 2.05) is 54.6 Å². The van der Waals surface area contributed by atoms with E-state index in [0.717, 1.165) is 33.1 Å². The number of aliphatic imine (C=N–C) groups is 2. The summed E-state index contributed by atoms with van der Waals surface area (Å²) in [4.78, 5) is 9.52. The fourth-order valence-corrected chi connectivity index (χ4v) is 3.33. The number of thioether (sulfide) groups is 1. The molecule has 0 aromatic heterocycles. The number of hydrogen-bond donors (Lipinski definition) is 2. The van der Waals surface area contributed by atoms with Crippen LogP contribution >= 0.6 is 11.8 Å². The van der Waals surface area contributed by atoms with E-state index < -0.39 is 0 Å². The maximum Gasteiger partial charge on any atom is 0.174 e. The number of para-hydroxylation sites is 3. The second-order valence-corrected chi connectivity index (χ2v) is 6.88. The molecule has 1 aliphatic heterocycles. The number of amidine groups is 2. The van der Waals surface area contributed by atoms with Gasteiger partial charge < -0.3 is 10.6 Å². The van der Waals surface area contributed by atoms with Crippen LogP contribution in [0.2, 0.25) is 0 Å². The van der Waals surface area contributed by atoms with Crippen LogP contribution in [0.15, 0.2) is 88.8 Å². The number of fused-ring (bicyclic) bond motifs is 1. The maximum atomic E-state index is 4.76. The molecule has 0 aliphatic carbocycles. The lowest BCUT2D eigenvalue weighted by Crippen LogP contribution is -2.15. The maximum absolute atomic E-state index is 4.76. The van der Waals surface area contributed by atoms with Gasteiger partial charge in [-0.1, -0.05) is 48.0 Å². The van der Waals surface area contributed by atoms with Crippen molar-refractivity contribution in [3.05, 3.63) is 84.4 Å². The summed E-state index contributed by atoms with van der Waals surface area (Å²) in [6.45, 7) is 2.08. The van der Waals surface area contributed by atoms with Gasteiger partial charge in [0, 0.05) is 11.4 Å². The van der Waals surface area contributed by atoms with Gasteiger partial charge in [-0.15, -0.1) is 0 Å². The molecule has 1 heterocycles. The Labute approximate surface area is 157 Å². The standard InChI is InChI=1S/C21H18N4S/c1-15-11-13-17(14-12-15)23-21-25-19-10-6-5-9-18(19)24-20(26-21)22-16-7-3-2-4-8-16/h2-14H,1H3,(H,22,24)(H,23,25). The first kappa shape index (κ1) is 16.4. The van der Waals surface area contributed by atoms with E-state index in [4.69, 9.17) is 9.98 Å². The third-order valence-electron chi connectivity index (χ3n) is 3.85. The molecular formula is C21H18N4S. The van der Waals surface area contributed by atoms with Crippen molar-refractivity contribution in [1.29, 1.82) is 0 Å². The molecule has 0 spiro atoms. The Morgan fingerprint density at radius 3 is 1.69 bits per heavy atom. The summed E-state index contributed by atoms with van der Waals surface area (Å²) in [7, 11) is 0. The first-order chi connectivity index (χ1) is 12.8. The molecule has 0 saturated heterocycles. The van der Waals surface area contributed by atoms with E-state index in [2.05, 4.69) is 41.8 Å². The van der Waals surface area contributed by atoms with Crippen LogP contribution in [0, 0.1) is 6.92 Å². The third kappa shape index (κ3) is 3.95. The van der Waals surface area contributed by atoms with Crippen LogP contribution in [0.3, 0.4) is 0 Å². The van der Waals surface area contributed by atoms with Crippen molar-refractivity contribution >= 4 is 44.8 Å². The SMILES string of the molecule is Cc1ccc(NC2=Nc3ccccc3N=C(Nc3ccccc3)S2)cc1. The van der Waals surface area contributed by atoms with Crippen molar-refractivity contribution in [3.8, 4) is 0 Å². The summed E-state index contributed by atoms with van der Waals surface area (Å²) in [5.74, 6) is 0. The highest BCUT2D eigenvalue weighted by atomic mass is 32.2. The molecule has 0 radical (unpaired) electrons. The Kier molecular flexibility index (Phi) is 4.71. The monoisotopic (exact) mass is 358 g/mol. The lowest BCUT2D eigenvalue weighted by molar-refractivity contribution is 1.44. The average Bonchev–Trinajstić information content (AvgIpc) is 2.83. The van der Waals surface area contributed by atoms with E-state index in [1.54, 1.807) is 0 Å². The van der Waals surface area contributed by atoms with E-state index in [0.29, 0.717) is 0 Å². The molecule has 128 valence electrons. The first-order valence-electron chi connectivity index (χ1n) is 8.36. The molecule has 0 amide bonds. The van der Waals surface area contributed by atoms with Crippen LogP contribution < -0.4 is 10.6 Å². The minimum Gasteiger partial charge on any atom is -0.334 e. The van der Waals surface area contributed by atoms with Gasteiger partial charge in [-0.05, 0) is 55.1 Å². The predicted octanol–water partition coefficient (Wildman–Crippen LogP) is 5.94. The molecule has 4 rings (SSSR count). The van der Waals surface area contributed by atoms with Crippen molar-refractivity contribution in [1.82, 2.24) is 0 Å². The summed E-state index contributed by atoms with van der Waals surface area (Å²) < 4.78 is 0. The minimum atomic E-state index is 0.777. The van der Waals surface area contributed by atoms with Gasteiger partial charge in [0.05, 0.1) is 11.4 Å². The molecule has 0 bridgehead atoms.